The number of aromatic hydroxyl groups is 1. The molecule has 1 rings (SSSR count). The van der Waals surface area contributed by atoms with Gasteiger partial charge in [-0.05, 0) is 47.5 Å². The van der Waals surface area contributed by atoms with Crippen molar-refractivity contribution in [1.29, 1.82) is 0 Å². The summed E-state index contributed by atoms with van der Waals surface area (Å²) in [6.45, 7) is 5.47. The lowest BCUT2D eigenvalue weighted by Crippen LogP contribution is -2.36. The molecule has 1 aromatic rings. The molecular weight excluding hydrogens is 298 g/mol. The quantitative estimate of drug-likeness (QED) is 0.847. The zero-order valence-corrected chi connectivity index (χ0v) is 12.8. The minimum atomic E-state index is -0.196. The Morgan fingerprint density at radius 1 is 1.33 bits per heavy atom. The first-order chi connectivity index (χ1) is 8.39. The van der Waals surface area contributed by atoms with Gasteiger partial charge in [-0.2, -0.15) is 0 Å². The molecule has 5 heteroatoms. The first kappa shape index (κ1) is 15.3. The maximum atomic E-state index is 9.70. The molecule has 0 saturated carbocycles. The molecule has 0 aliphatic carbocycles. The Labute approximate surface area is 116 Å². The average molecular weight is 318 g/mol. The second kappa shape index (κ2) is 6.41. The fourth-order valence-corrected chi connectivity index (χ4v) is 1.95. The number of nitrogens with one attached hydrogen (secondary N) is 1. The van der Waals surface area contributed by atoms with E-state index in [4.69, 9.17) is 9.47 Å². The van der Waals surface area contributed by atoms with E-state index in [0.29, 0.717) is 16.8 Å². The van der Waals surface area contributed by atoms with E-state index in [-0.39, 0.29) is 11.4 Å². The fraction of sp³-hybridized carbons (Fsp3) is 0.538. The summed E-state index contributed by atoms with van der Waals surface area (Å²) >= 11 is 3.30. The number of benzene rings is 1. The normalized spacial score (nSPS) is 11.6. The van der Waals surface area contributed by atoms with Gasteiger partial charge in [-0.15, -0.1) is 0 Å². The standard InChI is InChI=1S/C13H20BrNO3/c1-13(2,18-4)8-15-7-9-5-10(14)12(16)11(6-9)17-3/h5-6,15-16H,7-8H2,1-4H3. The van der Waals surface area contributed by atoms with E-state index in [2.05, 4.69) is 21.2 Å². The highest BCUT2D eigenvalue weighted by molar-refractivity contribution is 9.10. The highest BCUT2D eigenvalue weighted by atomic mass is 79.9. The highest BCUT2D eigenvalue weighted by Gasteiger charge is 2.15. The molecule has 18 heavy (non-hydrogen) atoms. The number of rotatable bonds is 6. The molecule has 0 radical (unpaired) electrons. The zero-order valence-electron chi connectivity index (χ0n) is 11.2. The molecule has 4 nitrogen and oxygen atoms in total. The van der Waals surface area contributed by atoms with E-state index >= 15 is 0 Å². The number of phenols is 1. The zero-order chi connectivity index (χ0) is 13.8. The van der Waals surface area contributed by atoms with E-state index in [0.717, 1.165) is 12.1 Å². The molecule has 2 N–H and O–H groups in total. The second-order valence-corrected chi connectivity index (χ2v) is 5.55. The summed E-state index contributed by atoms with van der Waals surface area (Å²) in [5, 5.41) is 13.0. The number of halogens is 1. The highest BCUT2D eigenvalue weighted by Crippen LogP contribution is 2.35. The minimum absolute atomic E-state index is 0.124. The van der Waals surface area contributed by atoms with Crippen LogP contribution in [0.1, 0.15) is 19.4 Å². The summed E-state index contributed by atoms with van der Waals surface area (Å²) in [5.74, 6) is 0.589. The third-order valence-corrected chi connectivity index (χ3v) is 3.35. The molecule has 0 spiro atoms. The fourth-order valence-electron chi connectivity index (χ4n) is 1.46. The van der Waals surface area contributed by atoms with E-state index in [1.54, 1.807) is 7.11 Å². The molecule has 0 saturated heterocycles. The van der Waals surface area contributed by atoms with E-state index in [9.17, 15) is 5.11 Å². The van der Waals surface area contributed by atoms with Crippen molar-refractivity contribution >= 4 is 15.9 Å². The molecule has 0 aliphatic rings. The van der Waals surface area contributed by atoms with Crippen molar-refractivity contribution in [1.82, 2.24) is 5.32 Å². The summed E-state index contributed by atoms with van der Waals surface area (Å²) in [5.41, 5.74) is 0.835. The van der Waals surface area contributed by atoms with Gasteiger partial charge < -0.3 is 19.9 Å². The van der Waals surface area contributed by atoms with Crippen molar-refractivity contribution in [2.24, 2.45) is 0 Å². The van der Waals surface area contributed by atoms with E-state index < -0.39 is 0 Å². The Morgan fingerprint density at radius 2 is 2.00 bits per heavy atom. The maximum Gasteiger partial charge on any atom is 0.172 e. The van der Waals surface area contributed by atoms with Crippen LogP contribution in [0.4, 0.5) is 0 Å². The lowest BCUT2D eigenvalue weighted by molar-refractivity contribution is 0.0230. The third kappa shape index (κ3) is 4.15. The maximum absolute atomic E-state index is 9.70. The van der Waals surface area contributed by atoms with Crippen LogP contribution in [0.3, 0.4) is 0 Å². The summed E-state index contributed by atoms with van der Waals surface area (Å²) in [7, 11) is 3.23. The van der Waals surface area contributed by atoms with Crippen LogP contribution in [-0.2, 0) is 11.3 Å². The first-order valence-electron chi connectivity index (χ1n) is 5.71. The Bertz CT molecular complexity index is 407. The van der Waals surface area contributed by atoms with Crippen LogP contribution in [0, 0.1) is 0 Å². The summed E-state index contributed by atoms with van der Waals surface area (Å²) < 4.78 is 11.1. The lowest BCUT2D eigenvalue weighted by atomic mass is 10.1. The van der Waals surface area contributed by atoms with Gasteiger partial charge in [0.15, 0.2) is 11.5 Å². The molecule has 1 aromatic carbocycles. The number of ether oxygens (including phenoxy) is 2. The molecule has 0 heterocycles. The summed E-state index contributed by atoms with van der Waals surface area (Å²) in [6.07, 6.45) is 0. The number of methoxy groups -OCH3 is 2. The largest absolute Gasteiger partial charge is 0.503 e. The molecule has 0 fully saturated rings. The van der Waals surface area contributed by atoms with Gasteiger partial charge in [-0.1, -0.05) is 0 Å². The van der Waals surface area contributed by atoms with Gasteiger partial charge in [0.05, 0.1) is 17.2 Å². The van der Waals surface area contributed by atoms with Crippen LogP contribution in [0.5, 0.6) is 11.5 Å². The molecule has 0 unspecified atom stereocenters. The van der Waals surface area contributed by atoms with Gasteiger partial charge in [0.2, 0.25) is 0 Å². The molecule has 0 aliphatic heterocycles. The Balaban J connectivity index is 2.66. The van der Waals surface area contributed by atoms with Crippen LogP contribution >= 0.6 is 15.9 Å². The minimum Gasteiger partial charge on any atom is -0.503 e. The van der Waals surface area contributed by atoms with Crippen LogP contribution in [0.2, 0.25) is 0 Å². The van der Waals surface area contributed by atoms with Crippen LogP contribution in [0.25, 0.3) is 0 Å². The second-order valence-electron chi connectivity index (χ2n) is 4.70. The Kier molecular flexibility index (Phi) is 5.44. The number of hydrogen-bond donors (Lipinski definition) is 2. The predicted octanol–water partition coefficient (Wildman–Crippen LogP) is 2.68. The number of phenolic OH excluding ortho intramolecular Hbond substituents is 1. The Morgan fingerprint density at radius 3 is 2.56 bits per heavy atom. The van der Waals surface area contributed by atoms with Gasteiger partial charge >= 0.3 is 0 Å². The predicted molar refractivity (Wildman–Crippen MR) is 75.2 cm³/mol. The van der Waals surface area contributed by atoms with Crippen LogP contribution < -0.4 is 10.1 Å². The van der Waals surface area contributed by atoms with Crippen molar-refractivity contribution in [2.45, 2.75) is 26.0 Å². The lowest BCUT2D eigenvalue weighted by Gasteiger charge is -2.23. The molecule has 0 bridgehead atoms. The topological polar surface area (TPSA) is 50.7 Å². The Hall–Kier alpha value is -0.780. The van der Waals surface area contributed by atoms with Crippen LogP contribution in [0.15, 0.2) is 16.6 Å². The van der Waals surface area contributed by atoms with Gasteiger partial charge in [-0.25, -0.2) is 0 Å². The molecule has 0 amide bonds. The summed E-state index contributed by atoms with van der Waals surface area (Å²) in [6, 6.07) is 3.68. The van der Waals surface area contributed by atoms with Gasteiger partial charge in [0.25, 0.3) is 0 Å². The van der Waals surface area contributed by atoms with Gasteiger partial charge in [0.1, 0.15) is 0 Å². The smallest absolute Gasteiger partial charge is 0.172 e. The molecule has 0 atom stereocenters. The average Bonchev–Trinajstić information content (AvgIpc) is 2.33. The van der Waals surface area contributed by atoms with E-state index in [1.165, 1.54) is 7.11 Å². The van der Waals surface area contributed by atoms with Gasteiger partial charge in [0, 0.05) is 20.2 Å². The van der Waals surface area contributed by atoms with Crippen molar-refractivity contribution in [3.05, 3.63) is 22.2 Å². The molecule has 0 aromatic heterocycles. The third-order valence-electron chi connectivity index (χ3n) is 2.74. The summed E-state index contributed by atoms with van der Waals surface area (Å²) in [4.78, 5) is 0. The molecule has 102 valence electrons. The van der Waals surface area contributed by atoms with Crippen molar-refractivity contribution in [3.63, 3.8) is 0 Å². The molecular formula is C13H20BrNO3. The number of hydrogen-bond acceptors (Lipinski definition) is 4. The van der Waals surface area contributed by atoms with E-state index in [1.807, 2.05) is 26.0 Å². The van der Waals surface area contributed by atoms with Crippen molar-refractivity contribution < 1.29 is 14.6 Å². The van der Waals surface area contributed by atoms with Gasteiger partial charge in [-0.3, -0.25) is 0 Å². The van der Waals surface area contributed by atoms with Crippen molar-refractivity contribution in [3.8, 4) is 11.5 Å². The van der Waals surface area contributed by atoms with Crippen LogP contribution in [-0.4, -0.2) is 31.5 Å². The monoisotopic (exact) mass is 317 g/mol. The SMILES string of the molecule is COc1cc(CNCC(C)(C)OC)cc(Br)c1O. The van der Waals surface area contributed by atoms with Crippen molar-refractivity contribution in [2.75, 3.05) is 20.8 Å². The first-order valence-corrected chi connectivity index (χ1v) is 6.50.